The monoisotopic (exact) mass is 324 g/mol. The van der Waals surface area contributed by atoms with Crippen molar-refractivity contribution in [3.8, 4) is 0 Å². The van der Waals surface area contributed by atoms with Crippen molar-refractivity contribution in [2.75, 3.05) is 32.7 Å². The number of urea groups is 1. The standard InChI is InChI=1S/C16H28N4O3/c1-12-5-3-4-6-14(12)17-16(23)18-15(22)11-19-7-9-20(10-8-19)13(2)21/h12,14H,3-11H2,1-2H3,(H2,17,18,22,23). The van der Waals surface area contributed by atoms with Crippen molar-refractivity contribution in [1.29, 1.82) is 0 Å². The number of hydrogen-bond donors (Lipinski definition) is 2. The lowest BCUT2D eigenvalue weighted by Gasteiger charge is -2.33. The fraction of sp³-hybridized carbons (Fsp3) is 0.812. The molecule has 1 saturated heterocycles. The van der Waals surface area contributed by atoms with Gasteiger partial charge in [0.05, 0.1) is 6.54 Å². The van der Waals surface area contributed by atoms with Gasteiger partial charge in [0, 0.05) is 39.1 Å². The summed E-state index contributed by atoms with van der Waals surface area (Å²) in [6, 6.07) is -0.230. The molecule has 130 valence electrons. The average molecular weight is 324 g/mol. The first-order valence-electron chi connectivity index (χ1n) is 8.54. The number of nitrogens with zero attached hydrogens (tertiary/aromatic N) is 2. The molecule has 0 bridgehead atoms. The van der Waals surface area contributed by atoms with E-state index in [2.05, 4.69) is 17.6 Å². The van der Waals surface area contributed by atoms with E-state index in [4.69, 9.17) is 0 Å². The minimum absolute atomic E-state index is 0.0649. The molecule has 0 aromatic rings. The maximum Gasteiger partial charge on any atom is 0.321 e. The lowest BCUT2D eigenvalue weighted by Crippen LogP contribution is -2.53. The lowest BCUT2D eigenvalue weighted by atomic mass is 9.86. The first-order valence-corrected chi connectivity index (χ1v) is 8.54. The van der Waals surface area contributed by atoms with Gasteiger partial charge in [0.1, 0.15) is 0 Å². The minimum atomic E-state index is -0.392. The van der Waals surface area contributed by atoms with E-state index in [1.807, 2.05) is 4.90 Å². The number of carbonyl (C=O) groups excluding carboxylic acids is 3. The smallest absolute Gasteiger partial charge is 0.321 e. The molecule has 0 aromatic carbocycles. The quantitative estimate of drug-likeness (QED) is 0.794. The summed E-state index contributed by atoms with van der Waals surface area (Å²) < 4.78 is 0. The van der Waals surface area contributed by atoms with Crippen molar-refractivity contribution in [2.45, 2.75) is 45.6 Å². The second kappa shape index (κ2) is 8.29. The molecule has 4 amide bonds. The third-order valence-electron chi connectivity index (χ3n) is 4.87. The van der Waals surface area contributed by atoms with Gasteiger partial charge in [0.15, 0.2) is 0 Å². The summed E-state index contributed by atoms with van der Waals surface area (Å²) in [6.07, 6.45) is 4.45. The highest BCUT2D eigenvalue weighted by Gasteiger charge is 2.24. The van der Waals surface area contributed by atoms with Crippen molar-refractivity contribution in [1.82, 2.24) is 20.4 Å². The first kappa shape index (κ1) is 17.7. The maximum absolute atomic E-state index is 12.0. The molecule has 1 aliphatic carbocycles. The fourth-order valence-electron chi connectivity index (χ4n) is 3.33. The molecule has 2 N–H and O–H groups in total. The number of hydrogen-bond acceptors (Lipinski definition) is 4. The van der Waals surface area contributed by atoms with Gasteiger partial charge >= 0.3 is 6.03 Å². The number of nitrogens with one attached hydrogen (secondary N) is 2. The normalized spacial score (nSPS) is 25.7. The van der Waals surface area contributed by atoms with Crippen molar-refractivity contribution in [3.05, 3.63) is 0 Å². The Morgan fingerprint density at radius 3 is 2.30 bits per heavy atom. The Kier molecular flexibility index (Phi) is 6.38. The molecule has 2 rings (SSSR count). The van der Waals surface area contributed by atoms with Crippen LogP contribution in [0.1, 0.15) is 39.5 Å². The Hall–Kier alpha value is -1.63. The summed E-state index contributed by atoms with van der Waals surface area (Å²) in [5.74, 6) is 0.238. The van der Waals surface area contributed by atoms with E-state index >= 15 is 0 Å². The highest BCUT2D eigenvalue weighted by Crippen LogP contribution is 2.23. The van der Waals surface area contributed by atoms with Crippen LogP contribution in [0.25, 0.3) is 0 Å². The Morgan fingerprint density at radius 1 is 1.04 bits per heavy atom. The van der Waals surface area contributed by atoms with Crippen LogP contribution in [0, 0.1) is 5.92 Å². The molecule has 1 saturated carbocycles. The number of carbonyl (C=O) groups is 3. The molecule has 7 heteroatoms. The van der Waals surface area contributed by atoms with Gasteiger partial charge in [-0.05, 0) is 18.8 Å². The predicted octanol–water partition coefficient (Wildman–Crippen LogP) is 0.555. The summed E-state index contributed by atoms with van der Waals surface area (Å²) in [7, 11) is 0. The largest absolute Gasteiger partial charge is 0.340 e. The average Bonchev–Trinajstić information content (AvgIpc) is 2.50. The predicted molar refractivity (Wildman–Crippen MR) is 86.8 cm³/mol. The van der Waals surface area contributed by atoms with Crippen LogP contribution >= 0.6 is 0 Å². The summed E-state index contributed by atoms with van der Waals surface area (Å²) in [5, 5.41) is 5.33. The van der Waals surface area contributed by atoms with Crippen LogP contribution in [-0.4, -0.2) is 66.4 Å². The number of piperazine rings is 1. The SMILES string of the molecule is CC(=O)N1CCN(CC(=O)NC(=O)NC2CCCCC2C)CC1. The summed E-state index contributed by atoms with van der Waals surface area (Å²) in [4.78, 5) is 38.9. The minimum Gasteiger partial charge on any atom is -0.340 e. The van der Waals surface area contributed by atoms with Gasteiger partial charge < -0.3 is 10.2 Å². The Morgan fingerprint density at radius 2 is 1.70 bits per heavy atom. The third kappa shape index (κ3) is 5.49. The Balaban J connectivity index is 1.68. The van der Waals surface area contributed by atoms with Crippen molar-refractivity contribution < 1.29 is 14.4 Å². The molecule has 1 heterocycles. The zero-order valence-electron chi connectivity index (χ0n) is 14.1. The van der Waals surface area contributed by atoms with E-state index in [-0.39, 0.29) is 24.4 Å². The molecular weight excluding hydrogens is 296 g/mol. The number of imide groups is 1. The van der Waals surface area contributed by atoms with Crippen LogP contribution in [0.5, 0.6) is 0 Å². The number of rotatable bonds is 3. The van der Waals surface area contributed by atoms with Gasteiger partial charge in [-0.2, -0.15) is 0 Å². The molecule has 2 atom stereocenters. The Labute approximate surface area is 137 Å². The van der Waals surface area contributed by atoms with Crippen LogP contribution in [-0.2, 0) is 9.59 Å². The molecule has 0 radical (unpaired) electrons. The van der Waals surface area contributed by atoms with Crippen LogP contribution < -0.4 is 10.6 Å². The molecule has 2 unspecified atom stereocenters. The van der Waals surface area contributed by atoms with E-state index in [0.717, 1.165) is 19.3 Å². The Bertz CT molecular complexity index is 447. The second-order valence-electron chi connectivity index (χ2n) is 6.67. The summed E-state index contributed by atoms with van der Waals surface area (Å²) in [6.45, 7) is 6.48. The van der Waals surface area contributed by atoms with Gasteiger partial charge in [-0.15, -0.1) is 0 Å². The van der Waals surface area contributed by atoms with Crippen LogP contribution in [0.2, 0.25) is 0 Å². The lowest BCUT2D eigenvalue weighted by molar-refractivity contribution is -0.130. The first-order chi connectivity index (χ1) is 11.0. The zero-order chi connectivity index (χ0) is 16.8. The van der Waals surface area contributed by atoms with Crippen molar-refractivity contribution in [2.24, 2.45) is 5.92 Å². The van der Waals surface area contributed by atoms with Gasteiger partial charge in [-0.25, -0.2) is 4.79 Å². The van der Waals surface area contributed by atoms with Crippen molar-refractivity contribution >= 4 is 17.8 Å². The molecular formula is C16H28N4O3. The molecule has 2 fully saturated rings. The fourth-order valence-corrected chi connectivity index (χ4v) is 3.33. The van der Waals surface area contributed by atoms with E-state index in [1.165, 1.54) is 6.42 Å². The third-order valence-corrected chi connectivity index (χ3v) is 4.87. The molecule has 2 aliphatic rings. The van der Waals surface area contributed by atoms with Crippen LogP contribution in [0.3, 0.4) is 0 Å². The second-order valence-corrected chi connectivity index (χ2v) is 6.67. The molecule has 0 aromatic heterocycles. The van der Waals surface area contributed by atoms with Crippen molar-refractivity contribution in [3.63, 3.8) is 0 Å². The van der Waals surface area contributed by atoms with E-state index in [1.54, 1.807) is 11.8 Å². The molecule has 7 nitrogen and oxygen atoms in total. The van der Waals surface area contributed by atoms with E-state index in [0.29, 0.717) is 32.1 Å². The molecule has 23 heavy (non-hydrogen) atoms. The highest BCUT2D eigenvalue weighted by molar-refractivity contribution is 5.95. The van der Waals surface area contributed by atoms with Gasteiger partial charge in [0.25, 0.3) is 0 Å². The maximum atomic E-state index is 12.0. The topological polar surface area (TPSA) is 81.8 Å². The summed E-state index contributed by atoms with van der Waals surface area (Å²) in [5.41, 5.74) is 0. The van der Waals surface area contributed by atoms with Gasteiger partial charge in [0.2, 0.25) is 11.8 Å². The number of amides is 4. The van der Waals surface area contributed by atoms with E-state index < -0.39 is 6.03 Å². The molecule has 1 aliphatic heterocycles. The zero-order valence-corrected chi connectivity index (χ0v) is 14.1. The van der Waals surface area contributed by atoms with Gasteiger partial charge in [-0.3, -0.25) is 19.8 Å². The molecule has 0 spiro atoms. The highest BCUT2D eigenvalue weighted by atomic mass is 16.2. The summed E-state index contributed by atoms with van der Waals surface area (Å²) >= 11 is 0. The van der Waals surface area contributed by atoms with E-state index in [9.17, 15) is 14.4 Å². The van der Waals surface area contributed by atoms with Gasteiger partial charge in [-0.1, -0.05) is 19.8 Å². The van der Waals surface area contributed by atoms with Crippen LogP contribution in [0.4, 0.5) is 4.79 Å². The van der Waals surface area contributed by atoms with Crippen LogP contribution in [0.15, 0.2) is 0 Å².